The number of amides is 4. The van der Waals surface area contributed by atoms with Crippen molar-refractivity contribution < 1.29 is 24.3 Å². The standard InChI is InChI=1S/C9H16N4O5/c1-4(2-6(10)14)12-9(18)13-5(8(16)17)3-7(11)15/h4-5H,2-3H2,1H3,(H2,10,14)(H2,11,15)(H,16,17)(H2,12,13,18)/t4?,5-/m1/s1. The Balaban J connectivity index is 4.29. The number of nitrogens with one attached hydrogen (secondary N) is 2. The number of aliphatic carboxylic acids is 1. The number of hydrogen-bond donors (Lipinski definition) is 5. The van der Waals surface area contributed by atoms with Crippen molar-refractivity contribution in [3.63, 3.8) is 0 Å². The van der Waals surface area contributed by atoms with E-state index >= 15 is 0 Å². The molecular formula is C9H16N4O5. The van der Waals surface area contributed by atoms with E-state index in [1.54, 1.807) is 0 Å². The number of primary amides is 2. The molecule has 102 valence electrons. The van der Waals surface area contributed by atoms with Crippen molar-refractivity contribution in [2.24, 2.45) is 11.5 Å². The van der Waals surface area contributed by atoms with Gasteiger partial charge in [-0.15, -0.1) is 0 Å². The summed E-state index contributed by atoms with van der Waals surface area (Å²) in [5.41, 5.74) is 9.76. The van der Waals surface area contributed by atoms with Crippen LogP contribution >= 0.6 is 0 Å². The zero-order valence-corrected chi connectivity index (χ0v) is 9.80. The highest BCUT2D eigenvalue weighted by Gasteiger charge is 2.22. The smallest absolute Gasteiger partial charge is 0.326 e. The average Bonchev–Trinajstić information content (AvgIpc) is 2.13. The second-order valence-corrected chi connectivity index (χ2v) is 3.75. The summed E-state index contributed by atoms with van der Waals surface area (Å²) in [6.45, 7) is 1.52. The molecule has 1 unspecified atom stereocenters. The van der Waals surface area contributed by atoms with Crippen LogP contribution in [0, 0.1) is 0 Å². The van der Waals surface area contributed by atoms with Crippen LogP contribution in [-0.4, -0.2) is 41.0 Å². The highest BCUT2D eigenvalue weighted by atomic mass is 16.4. The van der Waals surface area contributed by atoms with Gasteiger partial charge in [-0.3, -0.25) is 9.59 Å². The summed E-state index contributed by atoms with van der Waals surface area (Å²) >= 11 is 0. The fourth-order valence-corrected chi connectivity index (χ4v) is 1.18. The van der Waals surface area contributed by atoms with Gasteiger partial charge in [0.25, 0.3) is 0 Å². The summed E-state index contributed by atoms with van der Waals surface area (Å²) in [6.07, 6.45) is -0.603. The van der Waals surface area contributed by atoms with Crippen LogP contribution in [0.1, 0.15) is 19.8 Å². The zero-order valence-electron chi connectivity index (χ0n) is 9.80. The number of carbonyl (C=O) groups is 4. The molecule has 0 saturated carbocycles. The van der Waals surface area contributed by atoms with E-state index in [-0.39, 0.29) is 6.42 Å². The first-order valence-corrected chi connectivity index (χ1v) is 5.08. The van der Waals surface area contributed by atoms with Crippen LogP contribution in [0.15, 0.2) is 0 Å². The van der Waals surface area contributed by atoms with Crippen LogP contribution in [-0.2, 0) is 14.4 Å². The van der Waals surface area contributed by atoms with Crippen LogP contribution in [0.3, 0.4) is 0 Å². The van der Waals surface area contributed by atoms with E-state index in [1.807, 2.05) is 5.32 Å². The van der Waals surface area contributed by atoms with Gasteiger partial charge in [0.2, 0.25) is 11.8 Å². The Hall–Kier alpha value is -2.32. The molecule has 0 heterocycles. The lowest BCUT2D eigenvalue weighted by Crippen LogP contribution is -2.50. The minimum atomic E-state index is -1.41. The molecular weight excluding hydrogens is 244 g/mol. The van der Waals surface area contributed by atoms with Crippen LogP contribution in [0.25, 0.3) is 0 Å². The maximum Gasteiger partial charge on any atom is 0.326 e. The highest BCUT2D eigenvalue weighted by Crippen LogP contribution is 1.93. The van der Waals surface area contributed by atoms with E-state index in [9.17, 15) is 19.2 Å². The summed E-state index contributed by atoms with van der Waals surface area (Å²) in [7, 11) is 0. The SMILES string of the molecule is CC(CC(N)=O)NC(=O)N[C@H](CC(N)=O)C(=O)O. The molecule has 0 fully saturated rings. The third kappa shape index (κ3) is 7.04. The monoisotopic (exact) mass is 260 g/mol. The Morgan fingerprint density at radius 2 is 1.56 bits per heavy atom. The van der Waals surface area contributed by atoms with Crippen molar-refractivity contribution in [1.29, 1.82) is 0 Å². The Labute approximate surface area is 103 Å². The summed E-state index contributed by atoms with van der Waals surface area (Å²) in [5.74, 6) is -2.84. The topological polar surface area (TPSA) is 165 Å². The molecule has 0 aliphatic rings. The summed E-state index contributed by atoms with van der Waals surface area (Å²) in [6, 6.07) is -2.79. The van der Waals surface area contributed by atoms with E-state index in [2.05, 4.69) is 5.32 Å². The molecule has 2 atom stereocenters. The van der Waals surface area contributed by atoms with Crippen molar-refractivity contribution >= 4 is 23.8 Å². The molecule has 9 heteroatoms. The number of carbonyl (C=O) groups excluding carboxylic acids is 3. The second-order valence-electron chi connectivity index (χ2n) is 3.75. The average molecular weight is 260 g/mol. The molecule has 0 aliphatic carbocycles. The number of carboxylic acid groups (broad SMARTS) is 1. The van der Waals surface area contributed by atoms with Crippen molar-refractivity contribution in [2.75, 3.05) is 0 Å². The fraction of sp³-hybridized carbons (Fsp3) is 0.556. The summed E-state index contributed by atoms with van der Waals surface area (Å²) < 4.78 is 0. The number of rotatable bonds is 7. The van der Waals surface area contributed by atoms with Gasteiger partial charge in [0.05, 0.1) is 6.42 Å². The van der Waals surface area contributed by atoms with Crippen LogP contribution < -0.4 is 22.1 Å². The fourth-order valence-electron chi connectivity index (χ4n) is 1.18. The minimum absolute atomic E-state index is 0.0824. The van der Waals surface area contributed by atoms with E-state index in [0.29, 0.717) is 0 Å². The molecule has 7 N–H and O–H groups in total. The predicted molar refractivity (Wildman–Crippen MR) is 60.2 cm³/mol. The lowest BCUT2D eigenvalue weighted by molar-refractivity contribution is -0.140. The number of nitrogens with two attached hydrogens (primary N) is 2. The molecule has 0 aromatic rings. The van der Waals surface area contributed by atoms with Gasteiger partial charge in [-0.1, -0.05) is 0 Å². The number of hydrogen-bond acceptors (Lipinski definition) is 4. The Morgan fingerprint density at radius 1 is 1.06 bits per heavy atom. The normalized spacial score (nSPS) is 13.2. The van der Waals surface area contributed by atoms with Crippen LogP contribution in [0.2, 0.25) is 0 Å². The zero-order chi connectivity index (χ0) is 14.3. The molecule has 18 heavy (non-hydrogen) atoms. The molecule has 0 radical (unpaired) electrons. The molecule has 0 saturated heterocycles. The molecule has 9 nitrogen and oxygen atoms in total. The number of carboxylic acids is 1. The maximum atomic E-state index is 11.3. The first kappa shape index (κ1) is 15.7. The van der Waals surface area contributed by atoms with Gasteiger partial charge in [0, 0.05) is 12.5 Å². The molecule has 0 aromatic heterocycles. The lowest BCUT2D eigenvalue weighted by atomic mass is 10.2. The van der Waals surface area contributed by atoms with Gasteiger partial charge in [-0.2, -0.15) is 0 Å². The third-order valence-electron chi connectivity index (χ3n) is 1.89. The van der Waals surface area contributed by atoms with Crippen molar-refractivity contribution in [3.8, 4) is 0 Å². The van der Waals surface area contributed by atoms with Gasteiger partial charge in [0.15, 0.2) is 0 Å². The Bertz CT molecular complexity index is 357. The lowest BCUT2D eigenvalue weighted by Gasteiger charge is -2.16. The van der Waals surface area contributed by atoms with Crippen molar-refractivity contribution in [1.82, 2.24) is 10.6 Å². The van der Waals surface area contributed by atoms with Gasteiger partial charge in [-0.05, 0) is 6.92 Å². The molecule has 0 spiro atoms. The second kappa shape index (κ2) is 7.09. The van der Waals surface area contributed by atoms with Gasteiger partial charge in [0.1, 0.15) is 6.04 Å². The first-order valence-electron chi connectivity index (χ1n) is 5.08. The first-order chi connectivity index (χ1) is 8.22. The van der Waals surface area contributed by atoms with Crippen molar-refractivity contribution in [2.45, 2.75) is 31.8 Å². The summed E-state index contributed by atoms with van der Waals surface area (Å²) in [5, 5.41) is 13.1. The van der Waals surface area contributed by atoms with E-state index < -0.39 is 42.3 Å². The van der Waals surface area contributed by atoms with Gasteiger partial charge < -0.3 is 27.2 Å². The van der Waals surface area contributed by atoms with Crippen LogP contribution in [0.4, 0.5) is 4.79 Å². The summed E-state index contributed by atoms with van der Waals surface area (Å²) in [4.78, 5) is 43.2. The van der Waals surface area contributed by atoms with Crippen molar-refractivity contribution in [3.05, 3.63) is 0 Å². The van der Waals surface area contributed by atoms with E-state index in [1.165, 1.54) is 6.92 Å². The van der Waals surface area contributed by atoms with E-state index in [4.69, 9.17) is 16.6 Å². The largest absolute Gasteiger partial charge is 0.480 e. The molecule has 0 aliphatic heterocycles. The molecule has 0 bridgehead atoms. The highest BCUT2D eigenvalue weighted by molar-refractivity contribution is 5.87. The number of urea groups is 1. The molecule has 0 rings (SSSR count). The Morgan fingerprint density at radius 3 is 1.94 bits per heavy atom. The van der Waals surface area contributed by atoms with Gasteiger partial charge >= 0.3 is 12.0 Å². The van der Waals surface area contributed by atoms with E-state index in [0.717, 1.165) is 0 Å². The minimum Gasteiger partial charge on any atom is -0.480 e. The Kier molecular flexibility index (Phi) is 6.18. The third-order valence-corrected chi connectivity index (χ3v) is 1.89. The molecule has 0 aromatic carbocycles. The van der Waals surface area contributed by atoms with Crippen LogP contribution in [0.5, 0.6) is 0 Å². The predicted octanol–water partition coefficient (Wildman–Crippen LogP) is -2.12. The van der Waals surface area contributed by atoms with Gasteiger partial charge in [-0.25, -0.2) is 9.59 Å². The molecule has 4 amide bonds. The maximum absolute atomic E-state index is 11.3. The quantitative estimate of drug-likeness (QED) is 0.352.